The third-order valence-corrected chi connectivity index (χ3v) is 4.51. The van der Waals surface area contributed by atoms with Gasteiger partial charge in [0, 0.05) is 35.0 Å². The molecule has 0 aliphatic rings. The van der Waals surface area contributed by atoms with Gasteiger partial charge in [-0.3, -0.25) is 9.78 Å². The van der Waals surface area contributed by atoms with Crippen molar-refractivity contribution >= 4 is 12.1 Å². The van der Waals surface area contributed by atoms with E-state index in [1.54, 1.807) is 24.5 Å². The fourth-order valence-electron chi connectivity index (χ4n) is 2.90. The second-order valence-electron chi connectivity index (χ2n) is 6.37. The molecule has 0 spiro atoms. The Morgan fingerprint density at radius 2 is 1.92 bits per heavy atom. The number of nitrogens with zero attached hydrogens (tertiary/aromatic N) is 3. The van der Waals surface area contributed by atoms with Gasteiger partial charge in [0.05, 0.1) is 11.8 Å². The molecule has 0 aliphatic carbocycles. The van der Waals surface area contributed by atoms with Crippen LogP contribution < -0.4 is 5.43 Å². The Bertz CT molecular complexity index is 971. The third-order valence-electron chi connectivity index (χ3n) is 4.51. The van der Waals surface area contributed by atoms with E-state index in [1.165, 1.54) is 17.3 Å². The van der Waals surface area contributed by atoms with E-state index < -0.39 is 0 Å². The lowest BCUT2D eigenvalue weighted by Crippen LogP contribution is -2.17. The lowest BCUT2D eigenvalue weighted by atomic mass is 10.1. The van der Waals surface area contributed by atoms with Crippen molar-refractivity contribution in [1.82, 2.24) is 15.0 Å². The summed E-state index contributed by atoms with van der Waals surface area (Å²) in [6.45, 7) is 8.33. The summed E-state index contributed by atoms with van der Waals surface area (Å²) in [5.74, 6) is -0.280. The van der Waals surface area contributed by atoms with Gasteiger partial charge in [-0.05, 0) is 69.2 Å². The van der Waals surface area contributed by atoms with Crippen LogP contribution in [-0.4, -0.2) is 21.7 Å². The van der Waals surface area contributed by atoms with E-state index in [1.807, 2.05) is 6.92 Å². The van der Waals surface area contributed by atoms with E-state index in [4.69, 9.17) is 0 Å². The molecule has 0 unspecified atom stereocenters. The highest BCUT2D eigenvalue weighted by molar-refractivity contribution is 5.94. The van der Waals surface area contributed by atoms with Gasteiger partial charge in [-0.25, -0.2) is 5.43 Å². The Labute approximate surface area is 153 Å². The molecule has 3 rings (SSSR count). The van der Waals surface area contributed by atoms with Crippen molar-refractivity contribution < 1.29 is 4.79 Å². The zero-order valence-corrected chi connectivity index (χ0v) is 15.4. The monoisotopic (exact) mass is 346 g/mol. The van der Waals surface area contributed by atoms with E-state index in [0.717, 1.165) is 22.6 Å². The standard InChI is InChI=1S/C21H22N4O/c1-14-7-8-20(10-15(14)2)25-16(3)11-19(17(25)4)13-23-24-21(26)18-6-5-9-22-12-18/h5-13H,1-4H3,(H,24,26)/b23-13+. The second-order valence-corrected chi connectivity index (χ2v) is 6.37. The number of nitrogens with one attached hydrogen (secondary N) is 1. The fourth-order valence-corrected chi connectivity index (χ4v) is 2.90. The van der Waals surface area contributed by atoms with Gasteiger partial charge in [-0.15, -0.1) is 0 Å². The molecule has 0 bridgehead atoms. The molecule has 1 N–H and O–H groups in total. The highest BCUT2D eigenvalue weighted by atomic mass is 16.2. The number of benzene rings is 1. The second kappa shape index (κ2) is 7.35. The summed E-state index contributed by atoms with van der Waals surface area (Å²) in [5, 5.41) is 4.09. The van der Waals surface area contributed by atoms with Crippen molar-refractivity contribution in [3.05, 3.63) is 82.4 Å². The molecule has 0 saturated heterocycles. The molecule has 132 valence electrons. The van der Waals surface area contributed by atoms with Crippen LogP contribution in [0.5, 0.6) is 0 Å². The van der Waals surface area contributed by atoms with Crippen LogP contribution in [0, 0.1) is 27.7 Å². The van der Waals surface area contributed by atoms with Gasteiger partial charge in [0.2, 0.25) is 0 Å². The minimum Gasteiger partial charge on any atom is -0.318 e. The molecule has 0 fully saturated rings. The fraction of sp³-hybridized carbons (Fsp3) is 0.190. The topological polar surface area (TPSA) is 59.3 Å². The summed E-state index contributed by atoms with van der Waals surface area (Å²) in [7, 11) is 0. The molecule has 5 heteroatoms. The molecule has 2 aromatic heterocycles. The van der Waals surface area contributed by atoms with E-state index >= 15 is 0 Å². The molecule has 26 heavy (non-hydrogen) atoms. The van der Waals surface area contributed by atoms with Gasteiger partial charge < -0.3 is 4.57 Å². The first-order valence-corrected chi connectivity index (χ1v) is 8.47. The zero-order chi connectivity index (χ0) is 18.7. The molecule has 0 aliphatic heterocycles. The molecule has 0 atom stereocenters. The molecule has 5 nitrogen and oxygen atoms in total. The lowest BCUT2D eigenvalue weighted by molar-refractivity contribution is 0.0955. The van der Waals surface area contributed by atoms with Crippen LogP contribution in [0.3, 0.4) is 0 Å². The highest BCUT2D eigenvalue weighted by Crippen LogP contribution is 2.21. The number of aromatic nitrogens is 2. The number of hydrazone groups is 1. The van der Waals surface area contributed by atoms with Gasteiger partial charge in [-0.2, -0.15) is 5.10 Å². The van der Waals surface area contributed by atoms with Gasteiger partial charge >= 0.3 is 0 Å². The summed E-state index contributed by atoms with van der Waals surface area (Å²) in [6, 6.07) is 11.9. The van der Waals surface area contributed by atoms with Crippen molar-refractivity contribution in [2.45, 2.75) is 27.7 Å². The van der Waals surface area contributed by atoms with E-state index in [9.17, 15) is 4.79 Å². The number of hydrogen-bond acceptors (Lipinski definition) is 3. The smallest absolute Gasteiger partial charge is 0.272 e. The van der Waals surface area contributed by atoms with Crippen LogP contribution in [0.2, 0.25) is 0 Å². The number of aryl methyl sites for hydroxylation is 3. The van der Waals surface area contributed by atoms with Crippen LogP contribution in [0.15, 0.2) is 53.9 Å². The van der Waals surface area contributed by atoms with E-state index in [2.05, 4.69) is 65.1 Å². The Balaban J connectivity index is 1.81. The number of carbonyl (C=O) groups is 1. The SMILES string of the molecule is Cc1ccc(-n2c(C)cc(/C=N/NC(=O)c3cccnc3)c2C)cc1C. The van der Waals surface area contributed by atoms with Crippen LogP contribution in [0.4, 0.5) is 0 Å². The van der Waals surface area contributed by atoms with Crippen LogP contribution >= 0.6 is 0 Å². The quantitative estimate of drug-likeness (QED) is 0.576. The summed E-state index contributed by atoms with van der Waals surface area (Å²) < 4.78 is 2.19. The average molecular weight is 346 g/mol. The summed E-state index contributed by atoms with van der Waals surface area (Å²) in [5.41, 5.74) is 9.83. The predicted molar refractivity (Wildman–Crippen MR) is 104 cm³/mol. The maximum absolute atomic E-state index is 12.0. The van der Waals surface area contributed by atoms with Crippen molar-refractivity contribution in [2.24, 2.45) is 5.10 Å². The largest absolute Gasteiger partial charge is 0.318 e. The molecule has 3 aromatic rings. The maximum Gasteiger partial charge on any atom is 0.272 e. The Hall–Kier alpha value is -3.21. The number of hydrogen-bond donors (Lipinski definition) is 1. The lowest BCUT2D eigenvalue weighted by Gasteiger charge is -2.11. The predicted octanol–water partition coefficient (Wildman–Crippen LogP) is 3.87. The Morgan fingerprint density at radius 1 is 1.12 bits per heavy atom. The van der Waals surface area contributed by atoms with Gasteiger partial charge in [0.25, 0.3) is 5.91 Å². The summed E-state index contributed by atoms with van der Waals surface area (Å²) in [4.78, 5) is 15.9. The minimum absolute atomic E-state index is 0.280. The zero-order valence-electron chi connectivity index (χ0n) is 15.4. The first kappa shape index (κ1) is 17.6. The maximum atomic E-state index is 12.0. The van der Waals surface area contributed by atoms with Crippen LogP contribution in [0.1, 0.15) is 38.4 Å². The molecule has 2 heterocycles. The van der Waals surface area contributed by atoms with Gasteiger partial charge in [-0.1, -0.05) is 6.07 Å². The number of rotatable bonds is 4. The third kappa shape index (κ3) is 3.57. The minimum atomic E-state index is -0.280. The number of pyridine rings is 1. The van der Waals surface area contributed by atoms with Crippen molar-refractivity contribution in [3.8, 4) is 5.69 Å². The van der Waals surface area contributed by atoms with Crippen LogP contribution in [0.25, 0.3) is 5.69 Å². The molecular formula is C21H22N4O. The van der Waals surface area contributed by atoms with Crippen LogP contribution in [-0.2, 0) is 0 Å². The molecule has 0 radical (unpaired) electrons. The van der Waals surface area contributed by atoms with Gasteiger partial charge in [0.1, 0.15) is 0 Å². The average Bonchev–Trinajstić information content (AvgIpc) is 2.92. The van der Waals surface area contributed by atoms with E-state index in [-0.39, 0.29) is 5.91 Å². The normalized spacial score (nSPS) is 11.1. The van der Waals surface area contributed by atoms with Gasteiger partial charge in [0.15, 0.2) is 0 Å². The molecule has 1 amide bonds. The van der Waals surface area contributed by atoms with Crippen molar-refractivity contribution in [1.29, 1.82) is 0 Å². The summed E-state index contributed by atoms with van der Waals surface area (Å²) in [6.07, 6.45) is 4.81. The molecule has 1 aromatic carbocycles. The number of carbonyl (C=O) groups excluding carboxylic acids is 1. The first-order chi connectivity index (χ1) is 12.5. The van der Waals surface area contributed by atoms with Crippen molar-refractivity contribution in [3.63, 3.8) is 0 Å². The molecule has 0 saturated carbocycles. The number of amides is 1. The Morgan fingerprint density at radius 3 is 2.62 bits per heavy atom. The first-order valence-electron chi connectivity index (χ1n) is 8.47. The highest BCUT2D eigenvalue weighted by Gasteiger charge is 2.10. The van der Waals surface area contributed by atoms with Crippen molar-refractivity contribution in [2.75, 3.05) is 0 Å². The van der Waals surface area contributed by atoms with E-state index in [0.29, 0.717) is 5.56 Å². The Kier molecular flexibility index (Phi) is 4.98. The summed E-state index contributed by atoms with van der Waals surface area (Å²) >= 11 is 0. The molecular weight excluding hydrogens is 324 g/mol.